The third kappa shape index (κ3) is 2.98. The Kier molecular flexibility index (Phi) is 3.72. The number of fused-ring (bicyclic) bond motifs is 2. The molecule has 1 amide bonds. The van der Waals surface area contributed by atoms with Gasteiger partial charge in [0.1, 0.15) is 16.3 Å². The fourth-order valence-electron chi connectivity index (χ4n) is 3.02. The summed E-state index contributed by atoms with van der Waals surface area (Å²) < 4.78 is 1.93. The lowest BCUT2D eigenvalue weighted by Gasteiger charge is -1.99. The maximum absolute atomic E-state index is 12.4. The quantitative estimate of drug-likeness (QED) is 0.502. The number of carbonyl (C=O) groups is 1. The first-order chi connectivity index (χ1) is 13.3. The first-order valence-electron chi connectivity index (χ1n) is 8.51. The number of aromatic nitrogens is 4. The van der Waals surface area contributed by atoms with E-state index in [-0.39, 0.29) is 5.91 Å². The molecule has 0 radical (unpaired) electrons. The van der Waals surface area contributed by atoms with Gasteiger partial charge in [-0.2, -0.15) is 0 Å². The van der Waals surface area contributed by atoms with Crippen molar-refractivity contribution in [2.45, 2.75) is 6.54 Å². The average Bonchev–Trinajstić information content (AvgIpc) is 3.42. The molecular weight excluding hydrogens is 358 g/mol. The van der Waals surface area contributed by atoms with E-state index in [4.69, 9.17) is 0 Å². The first-order valence-corrected chi connectivity index (χ1v) is 9.39. The standard InChI is InChI=1S/C20H15N5OS/c26-19(21-10-14-11-25-8-4-3-7-18(25)22-14)17-12-27-20(24-17)16-9-13-5-1-2-6-15(13)23-16/h1-9,11-12,23H,10H2,(H,21,26). The zero-order valence-electron chi connectivity index (χ0n) is 14.2. The zero-order chi connectivity index (χ0) is 18.2. The van der Waals surface area contributed by atoms with Gasteiger partial charge in [0.05, 0.1) is 17.9 Å². The number of nitrogens with one attached hydrogen (secondary N) is 2. The second kappa shape index (κ2) is 6.37. The molecule has 1 aromatic carbocycles. The second-order valence-corrected chi connectivity index (χ2v) is 7.05. The van der Waals surface area contributed by atoms with Gasteiger partial charge in [-0.1, -0.05) is 24.3 Å². The fourth-order valence-corrected chi connectivity index (χ4v) is 3.80. The van der Waals surface area contributed by atoms with Gasteiger partial charge in [-0.15, -0.1) is 11.3 Å². The SMILES string of the molecule is O=C(NCc1cn2ccccc2n1)c1csc(-c2cc3ccccc3[nH]2)n1. The molecule has 0 unspecified atom stereocenters. The Morgan fingerprint density at radius 3 is 2.93 bits per heavy atom. The Morgan fingerprint density at radius 2 is 2.04 bits per heavy atom. The number of H-pyrrole nitrogens is 1. The molecule has 0 fully saturated rings. The van der Waals surface area contributed by atoms with Crippen LogP contribution in [0.4, 0.5) is 0 Å². The maximum atomic E-state index is 12.4. The highest BCUT2D eigenvalue weighted by molar-refractivity contribution is 7.13. The van der Waals surface area contributed by atoms with Crippen LogP contribution in [0.15, 0.2) is 66.3 Å². The number of nitrogens with zero attached hydrogens (tertiary/aromatic N) is 3. The van der Waals surface area contributed by atoms with Crippen LogP contribution in [0.2, 0.25) is 0 Å². The summed E-state index contributed by atoms with van der Waals surface area (Å²) in [5.74, 6) is -0.203. The number of para-hydroxylation sites is 1. The van der Waals surface area contributed by atoms with Crippen molar-refractivity contribution in [1.82, 2.24) is 24.7 Å². The Morgan fingerprint density at radius 1 is 1.15 bits per heavy atom. The second-order valence-electron chi connectivity index (χ2n) is 6.19. The number of hydrogen-bond acceptors (Lipinski definition) is 4. The molecule has 0 aliphatic carbocycles. The van der Waals surface area contributed by atoms with Crippen LogP contribution in [0.3, 0.4) is 0 Å². The van der Waals surface area contributed by atoms with E-state index in [1.807, 2.05) is 65.3 Å². The van der Waals surface area contributed by atoms with Crippen LogP contribution in [-0.4, -0.2) is 25.3 Å². The number of benzene rings is 1. The molecule has 0 saturated carbocycles. The van der Waals surface area contributed by atoms with Gasteiger partial charge in [0.15, 0.2) is 0 Å². The normalized spacial score (nSPS) is 11.3. The summed E-state index contributed by atoms with van der Waals surface area (Å²) in [6, 6.07) is 15.9. The van der Waals surface area contributed by atoms with Crippen molar-refractivity contribution in [3.05, 3.63) is 77.7 Å². The molecule has 0 spiro atoms. The van der Waals surface area contributed by atoms with E-state index in [1.54, 1.807) is 5.38 Å². The monoisotopic (exact) mass is 373 g/mol. The number of thiazole rings is 1. The molecule has 0 bridgehead atoms. The smallest absolute Gasteiger partial charge is 0.271 e. The van der Waals surface area contributed by atoms with E-state index in [2.05, 4.69) is 20.3 Å². The van der Waals surface area contributed by atoms with Crippen LogP contribution >= 0.6 is 11.3 Å². The highest BCUT2D eigenvalue weighted by Gasteiger charge is 2.13. The number of imidazole rings is 1. The number of aromatic amines is 1. The topological polar surface area (TPSA) is 75.1 Å². The van der Waals surface area contributed by atoms with Crippen molar-refractivity contribution in [3.63, 3.8) is 0 Å². The lowest BCUT2D eigenvalue weighted by Crippen LogP contribution is -2.23. The summed E-state index contributed by atoms with van der Waals surface area (Å²) in [6.07, 6.45) is 3.84. The van der Waals surface area contributed by atoms with Gasteiger partial charge in [0.25, 0.3) is 5.91 Å². The van der Waals surface area contributed by atoms with E-state index in [0.717, 1.165) is 32.9 Å². The van der Waals surface area contributed by atoms with Crippen molar-refractivity contribution in [3.8, 4) is 10.7 Å². The average molecular weight is 373 g/mol. The van der Waals surface area contributed by atoms with E-state index < -0.39 is 0 Å². The van der Waals surface area contributed by atoms with Gasteiger partial charge < -0.3 is 14.7 Å². The molecule has 5 aromatic rings. The molecule has 4 aromatic heterocycles. The zero-order valence-corrected chi connectivity index (χ0v) is 15.0. The van der Waals surface area contributed by atoms with Crippen LogP contribution < -0.4 is 5.32 Å². The first kappa shape index (κ1) is 15.8. The molecular formula is C20H15N5OS. The number of pyridine rings is 1. The summed E-state index contributed by atoms with van der Waals surface area (Å²) in [6.45, 7) is 0.361. The number of carbonyl (C=O) groups excluding carboxylic acids is 1. The van der Waals surface area contributed by atoms with Gasteiger partial charge in [-0.05, 0) is 24.3 Å². The molecule has 0 saturated heterocycles. The number of amides is 1. The molecule has 2 N–H and O–H groups in total. The van der Waals surface area contributed by atoms with Gasteiger partial charge >= 0.3 is 0 Å². The lowest BCUT2D eigenvalue weighted by atomic mass is 10.2. The van der Waals surface area contributed by atoms with Crippen LogP contribution in [0.25, 0.3) is 27.3 Å². The molecule has 4 heterocycles. The van der Waals surface area contributed by atoms with Crippen molar-refractivity contribution in [2.75, 3.05) is 0 Å². The Bertz CT molecular complexity index is 1200. The minimum atomic E-state index is -0.203. The van der Waals surface area contributed by atoms with Crippen LogP contribution in [-0.2, 0) is 6.54 Å². The number of rotatable bonds is 4. The van der Waals surface area contributed by atoms with Gasteiger partial charge in [-0.3, -0.25) is 4.79 Å². The lowest BCUT2D eigenvalue weighted by molar-refractivity contribution is 0.0946. The predicted molar refractivity (Wildman–Crippen MR) is 106 cm³/mol. The van der Waals surface area contributed by atoms with Crippen molar-refractivity contribution in [1.29, 1.82) is 0 Å². The van der Waals surface area contributed by atoms with Gasteiger partial charge in [0, 0.05) is 28.7 Å². The van der Waals surface area contributed by atoms with Gasteiger partial charge in [0.2, 0.25) is 0 Å². The molecule has 0 aliphatic rings. The minimum Gasteiger partial charge on any atom is -0.353 e. The fraction of sp³-hybridized carbons (Fsp3) is 0.0500. The minimum absolute atomic E-state index is 0.203. The highest BCUT2D eigenvalue weighted by Crippen LogP contribution is 2.26. The third-order valence-electron chi connectivity index (χ3n) is 4.34. The molecule has 6 nitrogen and oxygen atoms in total. The summed E-state index contributed by atoms with van der Waals surface area (Å²) in [5, 5.41) is 6.59. The Hall–Kier alpha value is -3.45. The van der Waals surface area contributed by atoms with Crippen LogP contribution in [0, 0.1) is 0 Å². The van der Waals surface area contributed by atoms with Crippen molar-refractivity contribution in [2.24, 2.45) is 0 Å². The molecule has 27 heavy (non-hydrogen) atoms. The van der Waals surface area contributed by atoms with Crippen molar-refractivity contribution < 1.29 is 4.79 Å². The Balaban J connectivity index is 1.32. The molecule has 132 valence electrons. The molecule has 0 aliphatic heterocycles. The summed E-state index contributed by atoms with van der Waals surface area (Å²) in [5.41, 5.74) is 4.05. The largest absolute Gasteiger partial charge is 0.353 e. The molecule has 5 rings (SSSR count). The van der Waals surface area contributed by atoms with Gasteiger partial charge in [-0.25, -0.2) is 9.97 Å². The summed E-state index contributed by atoms with van der Waals surface area (Å²) in [4.78, 5) is 24.7. The predicted octanol–water partition coefficient (Wildman–Crippen LogP) is 3.87. The Labute approximate surface area is 158 Å². The summed E-state index contributed by atoms with van der Waals surface area (Å²) in [7, 11) is 0. The van der Waals surface area contributed by atoms with E-state index >= 15 is 0 Å². The number of hydrogen-bond donors (Lipinski definition) is 2. The maximum Gasteiger partial charge on any atom is 0.271 e. The van der Waals surface area contributed by atoms with E-state index in [1.165, 1.54) is 11.3 Å². The summed E-state index contributed by atoms with van der Waals surface area (Å²) >= 11 is 1.45. The van der Waals surface area contributed by atoms with E-state index in [9.17, 15) is 4.79 Å². The van der Waals surface area contributed by atoms with Crippen LogP contribution in [0.1, 0.15) is 16.2 Å². The molecule has 0 atom stereocenters. The third-order valence-corrected chi connectivity index (χ3v) is 5.22. The molecule has 7 heteroatoms. The van der Waals surface area contributed by atoms with E-state index in [0.29, 0.717) is 12.2 Å². The van der Waals surface area contributed by atoms with Crippen LogP contribution in [0.5, 0.6) is 0 Å². The van der Waals surface area contributed by atoms with Crippen molar-refractivity contribution >= 4 is 33.8 Å². The highest BCUT2D eigenvalue weighted by atomic mass is 32.1.